The number of thiophene rings is 1. The summed E-state index contributed by atoms with van der Waals surface area (Å²) in [5.74, 6) is 0.933. The molecule has 184 valence electrons. The Labute approximate surface area is 210 Å². The van der Waals surface area contributed by atoms with Gasteiger partial charge in [0.25, 0.3) is 5.56 Å². The maximum atomic E-state index is 13.1. The average molecular weight is 491 g/mol. The molecule has 1 atom stereocenters. The molecule has 8 heteroatoms. The fourth-order valence-corrected chi connectivity index (χ4v) is 6.06. The minimum Gasteiger partial charge on any atom is -0.322 e. The standard InChI is InChI=1S/C27H34N6OS/c1-3-8-25(26-29-30-31-33(26)22-9-5-4-6-10-22)32(18-23-11-7-14-35-23)17-21-16-20-13-12-19(2)15-24(20)28-27(21)34/h7,11-16,22,25H,3-6,8-10,17-18H2,1-2H3,(H,28,34)/t25-/m0/s1. The third-order valence-electron chi connectivity index (χ3n) is 7.13. The highest BCUT2D eigenvalue weighted by atomic mass is 32.1. The van der Waals surface area contributed by atoms with E-state index in [9.17, 15) is 4.79 Å². The Balaban J connectivity index is 1.52. The smallest absolute Gasteiger partial charge is 0.252 e. The van der Waals surface area contributed by atoms with Gasteiger partial charge >= 0.3 is 0 Å². The highest BCUT2D eigenvalue weighted by molar-refractivity contribution is 7.09. The highest BCUT2D eigenvalue weighted by Crippen LogP contribution is 2.33. The molecule has 1 aliphatic carbocycles. The topological polar surface area (TPSA) is 79.7 Å². The zero-order valence-electron chi connectivity index (χ0n) is 20.6. The Kier molecular flexibility index (Phi) is 7.39. The van der Waals surface area contributed by atoms with E-state index in [2.05, 4.69) is 66.7 Å². The van der Waals surface area contributed by atoms with Gasteiger partial charge in [-0.05, 0) is 71.1 Å². The van der Waals surface area contributed by atoms with Crippen LogP contribution in [0.15, 0.2) is 46.6 Å². The molecule has 3 heterocycles. The van der Waals surface area contributed by atoms with Crippen LogP contribution in [0.25, 0.3) is 10.9 Å². The second-order valence-corrected chi connectivity index (χ2v) is 10.8. The molecule has 0 amide bonds. The number of nitrogens with zero attached hydrogens (tertiary/aromatic N) is 5. The molecule has 1 saturated carbocycles. The van der Waals surface area contributed by atoms with E-state index in [1.54, 1.807) is 11.3 Å². The van der Waals surface area contributed by atoms with Crippen LogP contribution in [0.3, 0.4) is 0 Å². The van der Waals surface area contributed by atoms with Crippen molar-refractivity contribution in [1.29, 1.82) is 0 Å². The zero-order chi connectivity index (χ0) is 24.2. The van der Waals surface area contributed by atoms with Crippen LogP contribution in [0.4, 0.5) is 0 Å². The molecule has 4 aromatic rings. The summed E-state index contributed by atoms with van der Waals surface area (Å²) in [5, 5.41) is 16.3. The molecule has 0 radical (unpaired) electrons. The summed E-state index contributed by atoms with van der Waals surface area (Å²) < 4.78 is 2.09. The third-order valence-corrected chi connectivity index (χ3v) is 7.99. The van der Waals surface area contributed by atoms with Gasteiger partial charge in [0, 0.05) is 29.0 Å². The van der Waals surface area contributed by atoms with Crippen molar-refractivity contribution >= 4 is 22.2 Å². The predicted molar refractivity (Wildman–Crippen MR) is 140 cm³/mol. The summed E-state index contributed by atoms with van der Waals surface area (Å²) in [4.78, 5) is 19.9. The van der Waals surface area contributed by atoms with E-state index in [1.807, 2.05) is 19.1 Å². The lowest BCUT2D eigenvalue weighted by Crippen LogP contribution is -2.33. The maximum Gasteiger partial charge on any atom is 0.252 e. The van der Waals surface area contributed by atoms with Crippen molar-refractivity contribution in [2.45, 2.75) is 84.0 Å². The molecule has 35 heavy (non-hydrogen) atoms. The molecule has 0 bridgehead atoms. The summed E-state index contributed by atoms with van der Waals surface area (Å²) in [6.07, 6.45) is 7.96. The van der Waals surface area contributed by atoms with Crippen molar-refractivity contribution < 1.29 is 0 Å². The first-order chi connectivity index (χ1) is 17.1. The van der Waals surface area contributed by atoms with Gasteiger partial charge in [-0.3, -0.25) is 9.69 Å². The van der Waals surface area contributed by atoms with Crippen molar-refractivity contribution in [2.75, 3.05) is 0 Å². The summed E-state index contributed by atoms with van der Waals surface area (Å²) in [5.41, 5.74) is 2.77. The van der Waals surface area contributed by atoms with Gasteiger partial charge in [0.05, 0.1) is 12.1 Å². The van der Waals surface area contributed by atoms with Gasteiger partial charge in [0.15, 0.2) is 5.82 Å². The lowest BCUT2D eigenvalue weighted by Gasteiger charge is -2.32. The number of hydrogen-bond donors (Lipinski definition) is 1. The van der Waals surface area contributed by atoms with Crippen LogP contribution in [0.1, 0.15) is 85.8 Å². The van der Waals surface area contributed by atoms with Crippen molar-refractivity contribution in [3.05, 3.63) is 74.0 Å². The normalized spacial score (nSPS) is 15.7. The Bertz CT molecular complexity index is 1300. The molecule has 0 saturated heterocycles. The molecule has 7 nitrogen and oxygen atoms in total. The van der Waals surface area contributed by atoms with Crippen LogP contribution < -0.4 is 5.56 Å². The first-order valence-electron chi connectivity index (χ1n) is 12.8. The molecule has 5 rings (SSSR count). The lowest BCUT2D eigenvalue weighted by molar-refractivity contribution is 0.151. The van der Waals surface area contributed by atoms with Gasteiger partial charge in [0.2, 0.25) is 0 Å². The number of rotatable bonds is 9. The fourth-order valence-electron chi connectivity index (χ4n) is 5.33. The highest BCUT2D eigenvalue weighted by Gasteiger charge is 2.30. The first-order valence-corrected chi connectivity index (χ1v) is 13.7. The maximum absolute atomic E-state index is 13.1. The van der Waals surface area contributed by atoms with Crippen molar-refractivity contribution in [3.8, 4) is 0 Å². The van der Waals surface area contributed by atoms with Gasteiger partial charge in [-0.15, -0.1) is 16.4 Å². The van der Waals surface area contributed by atoms with Gasteiger partial charge in [-0.2, -0.15) is 0 Å². The van der Waals surface area contributed by atoms with E-state index in [4.69, 9.17) is 0 Å². The molecule has 0 unspecified atom stereocenters. The van der Waals surface area contributed by atoms with E-state index in [0.717, 1.165) is 60.1 Å². The molecule has 0 spiro atoms. The van der Waals surface area contributed by atoms with Gasteiger partial charge in [-0.25, -0.2) is 4.68 Å². The van der Waals surface area contributed by atoms with Crippen LogP contribution in [0.5, 0.6) is 0 Å². The number of tetrazole rings is 1. The summed E-state index contributed by atoms with van der Waals surface area (Å²) in [7, 11) is 0. The molecule has 0 aliphatic heterocycles. The number of H-pyrrole nitrogens is 1. The largest absolute Gasteiger partial charge is 0.322 e. The molecule has 1 aliphatic rings. The van der Waals surface area contributed by atoms with E-state index < -0.39 is 0 Å². The number of aromatic nitrogens is 5. The number of pyridine rings is 1. The second kappa shape index (κ2) is 10.8. The molecule has 1 fully saturated rings. The lowest BCUT2D eigenvalue weighted by atomic mass is 9.95. The quantitative estimate of drug-likeness (QED) is 0.314. The summed E-state index contributed by atoms with van der Waals surface area (Å²) in [6, 6.07) is 12.9. The van der Waals surface area contributed by atoms with Gasteiger partial charge in [-0.1, -0.05) is 50.8 Å². The van der Waals surface area contributed by atoms with Crippen LogP contribution in [-0.4, -0.2) is 30.1 Å². The fraction of sp³-hybridized carbons (Fsp3) is 0.481. The van der Waals surface area contributed by atoms with E-state index >= 15 is 0 Å². The van der Waals surface area contributed by atoms with Crippen LogP contribution in [0.2, 0.25) is 0 Å². The van der Waals surface area contributed by atoms with E-state index in [-0.39, 0.29) is 11.6 Å². The molecule has 1 aromatic carbocycles. The number of hydrogen-bond acceptors (Lipinski definition) is 6. The number of nitrogens with one attached hydrogen (secondary N) is 1. The third kappa shape index (κ3) is 5.38. The minimum atomic E-state index is -0.0265. The number of fused-ring (bicyclic) bond motifs is 1. The van der Waals surface area contributed by atoms with E-state index in [0.29, 0.717) is 12.6 Å². The molecule has 3 aromatic heterocycles. The molecular formula is C27H34N6OS. The van der Waals surface area contributed by atoms with Crippen LogP contribution in [0, 0.1) is 6.92 Å². The number of aromatic amines is 1. The Hall–Kier alpha value is -2.84. The van der Waals surface area contributed by atoms with Crippen molar-refractivity contribution in [3.63, 3.8) is 0 Å². The minimum absolute atomic E-state index is 0.0265. The Morgan fingerprint density at radius 1 is 1.17 bits per heavy atom. The number of benzene rings is 1. The van der Waals surface area contributed by atoms with Crippen molar-refractivity contribution in [1.82, 2.24) is 30.1 Å². The monoisotopic (exact) mass is 490 g/mol. The van der Waals surface area contributed by atoms with Crippen LogP contribution in [-0.2, 0) is 13.1 Å². The predicted octanol–water partition coefficient (Wildman–Crippen LogP) is 5.93. The summed E-state index contributed by atoms with van der Waals surface area (Å²) >= 11 is 1.75. The molecular weight excluding hydrogens is 456 g/mol. The van der Waals surface area contributed by atoms with E-state index in [1.165, 1.54) is 24.1 Å². The first kappa shape index (κ1) is 23.9. The Morgan fingerprint density at radius 2 is 2.03 bits per heavy atom. The van der Waals surface area contributed by atoms with Crippen LogP contribution >= 0.6 is 11.3 Å². The summed E-state index contributed by atoms with van der Waals surface area (Å²) in [6.45, 7) is 5.54. The average Bonchev–Trinajstić information content (AvgIpc) is 3.56. The Morgan fingerprint density at radius 3 is 2.80 bits per heavy atom. The zero-order valence-corrected chi connectivity index (χ0v) is 21.4. The number of aryl methyl sites for hydroxylation is 1. The van der Waals surface area contributed by atoms with Gasteiger partial charge in [0.1, 0.15) is 0 Å². The van der Waals surface area contributed by atoms with Gasteiger partial charge < -0.3 is 4.98 Å². The second-order valence-electron chi connectivity index (χ2n) is 9.78. The molecule has 1 N–H and O–H groups in total. The SMILES string of the molecule is CCC[C@@H](c1nnnn1C1CCCCC1)N(Cc1cccs1)Cc1cc2ccc(C)cc2[nH]c1=O. The van der Waals surface area contributed by atoms with Crippen molar-refractivity contribution in [2.24, 2.45) is 0 Å².